The maximum absolute atomic E-state index is 6.42. The molecule has 1 aliphatic rings. The molecule has 4 aromatic rings. The summed E-state index contributed by atoms with van der Waals surface area (Å²) in [5, 5.41) is 4.41. The number of aromatic nitrogens is 3. The van der Waals surface area contributed by atoms with Crippen LogP contribution in [0.15, 0.2) is 28.4 Å². The van der Waals surface area contributed by atoms with E-state index in [9.17, 15) is 0 Å². The second-order valence-corrected chi connectivity index (χ2v) is 12.0. The van der Waals surface area contributed by atoms with Crippen molar-refractivity contribution >= 4 is 78.5 Å². The maximum atomic E-state index is 6.42. The van der Waals surface area contributed by atoms with Gasteiger partial charge in [-0.25, -0.2) is 15.0 Å². The van der Waals surface area contributed by atoms with Gasteiger partial charge in [0.2, 0.25) is 0 Å². The molecule has 0 radical (unpaired) electrons. The van der Waals surface area contributed by atoms with Crippen LogP contribution in [0.5, 0.6) is 0 Å². The van der Waals surface area contributed by atoms with E-state index in [1.54, 1.807) is 34.9 Å². The molecule has 5 rings (SSSR count). The Balaban J connectivity index is 1.66. The normalized spacial score (nSPS) is 13.6. The highest BCUT2D eigenvalue weighted by Gasteiger charge is 2.25. The summed E-state index contributed by atoms with van der Waals surface area (Å²) in [6.45, 7) is 4.53. The predicted molar refractivity (Wildman–Crippen MR) is 141 cm³/mol. The Morgan fingerprint density at radius 2 is 1.81 bits per heavy atom. The molecule has 0 fully saturated rings. The zero-order valence-electron chi connectivity index (χ0n) is 18.2. The smallest absolute Gasteiger partial charge is 0.189 e. The fourth-order valence-electron chi connectivity index (χ4n) is 4.36. The summed E-state index contributed by atoms with van der Waals surface area (Å²) in [7, 11) is 0. The lowest BCUT2D eigenvalue weighted by atomic mass is 9.99. The minimum Gasteiger partial charge on any atom is -0.242 e. The van der Waals surface area contributed by atoms with Crippen molar-refractivity contribution in [2.24, 2.45) is 5.92 Å². The quantitative estimate of drug-likeness (QED) is 0.145. The molecule has 0 spiro atoms. The number of pyridine rings is 1. The van der Waals surface area contributed by atoms with Crippen LogP contribution in [-0.4, -0.2) is 21.2 Å². The minimum atomic E-state index is 0.591. The fourth-order valence-corrected chi connectivity index (χ4v) is 7.79. The molecule has 0 saturated heterocycles. The molecule has 1 aromatic carbocycles. The SMILES string of the molecule is CSc1nc(SCc2c(Cl)cccc2Cl)c2sc3nc(CC(C)C)c4c(c3c2n1)CCC4. The number of benzene rings is 1. The van der Waals surface area contributed by atoms with Crippen LogP contribution >= 0.6 is 58.1 Å². The maximum Gasteiger partial charge on any atom is 0.189 e. The lowest BCUT2D eigenvalue weighted by Gasteiger charge is -2.11. The number of rotatable bonds is 6. The molecule has 0 bridgehead atoms. The van der Waals surface area contributed by atoms with E-state index in [4.69, 9.17) is 38.2 Å². The van der Waals surface area contributed by atoms with Crippen LogP contribution in [0.1, 0.15) is 42.7 Å². The van der Waals surface area contributed by atoms with Gasteiger partial charge < -0.3 is 0 Å². The third kappa shape index (κ3) is 4.14. The third-order valence-corrected chi connectivity index (χ3v) is 9.23. The summed E-state index contributed by atoms with van der Waals surface area (Å²) in [5.74, 6) is 1.25. The number of thiophene rings is 1. The molecule has 0 unspecified atom stereocenters. The van der Waals surface area contributed by atoms with Crippen LogP contribution in [0.3, 0.4) is 0 Å². The summed E-state index contributed by atoms with van der Waals surface area (Å²) >= 11 is 17.8. The van der Waals surface area contributed by atoms with Gasteiger partial charge in [0.25, 0.3) is 0 Å². The van der Waals surface area contributed by atoms with Gasteiger partial charge in [0.05, 0.1) is 10.2 Å². The topological polar surface area (TPSA) is 38.7 Å². The number of hydrogen-bond acceptors (Lipinski definition) is 6. The first-order valence-electron chi connectivity index (χ1n) is 10.7. The molecule has 0 aliphatic heterocycles. The van der Waals surface area contributed by atoms with Crippen molar-refractivity contribution < 1.29 is 0 Å². The summed E-state index contributed by atoms with van der Waals surface area (Å²) in [6.07, 6.45) is 6.50. The Morgan fingerprint density at radius 1 is 1.06 bits per heavy atom. The van der Waals surface area contributed by atoms with Gasteiger partial charge >= 0.3 is 0 Å². The molecular weight excluding hydrogens is 497 g/mol. The van der Waals surface area contributed by atoms with E-state index in [1.165, 1.54) is 28.6 Å². The van der Waals surface area contributed by atoms with Gasteiger partial charge in [0, 0.05) is 26.9 Å². The first kappa shape index (κ1) is 22.7. The number of aryl methyl sites for hydroxylation is 1. The second kappa shape index (κ2) is 9.30. The van der Waals surface area contributed by atoms with Crippen molar-refractivity contribution in [2.45, 2.75) is 55.5 Å². The van der Waals surface area contributed by atoms with Crippen molar-refractivity contribution in [2.75, 3.05) is 6.26 Å². The Hall–Kier alpha value is -1.05. The van der Waals surface area contributed by atoms with Gasteiger partial charge in [-0.1, -0.05) is 66.6 Å². The molecule has 0 saturated carbocycles. The van der Waals surface area contributed by atoms with Crippen LogP contribution in [0.25, 0.3) is 20.4 Å². The van der Waals surface area contributed by atoms with E-state index in [2.05, 4.69) is 13.8 Å². The highest BCUT2D eigenvalue weighted by Crippen LogP contribution is 2.44. The summed E-state index contributed by atoms with van der Waals surface area (Å²) < 4.78 is 1.12. The fraction of sp³-hybridized carbons (Fsp3) is 0.375. The van der Waals surface area contributed by atoms with Gasteiger partial charge in [0.15, 0.2) is 5.16 Å². The molecule has 1 aliphatic carbocycles. The lowest BCUT2D eigenvalue weighted by Crippen LogP contribution is -2.03. The van der Waals surface area contributed by atoms with E-state index in [1.807, 2.05) is 24.5 Å². The molecule has 3 aromatic heterocycles. The van der Waals surface area contributed by atoms with Crippen molar-refractivity contribution in [1.82, 2.24) is 15.0 Å². The Kier molecular flexibility index (Phi) is 6.61. The summed E-state index contributed by atoms with van der Waals surface area (Å²) in [5.41, 5.74) is 6.21. The highest BCUT2D eigenvalue weighted by molar-refractivity contribution is 7.99. The molecule has 0 amide bonds. The molecular formula is C24H23Cl2N3S3. The molecule has 0 N–H and O–H groups in total. The molecule has 32 heavy (non-hydrogen) atoms. The van der Waals surface area contributed by atoms with Gasteiger partial charge in [-0.3, -0.25) is 0 Å². The van der Waals surface area contributed by atoms with Gasteiger partial charge in [-0.05, 0) is 66.7 Å². The highest BCUT2D eigenvalue weighted by atomic mass is 35.5. The van der Waals surface area contributed by atoms with Crippen LogP contribution in [0.2, 0.25) is 10.0 Å². The lowest BCUT2D eigenvalue weighted by molar-refractivity contribution is 0.632. The third-order valence-electron chi connectivity index (χ3n) is 5.77. The average molecular weight is 521 g/mol. The number of fused-ring (bicyclic) bond motifs is 5. The largest absolute Gasteiger partial charge is 0.242 e. The monoisotopic (exact) mass is 519 g/mol. The van der Waals surface area contributed by atoms with Gasteiger partial charge in [-0.2, -0.15) is 0 Å². The molecule has 166 valence electrons. The van der Waals surface area contributed by atoms with Gasteiger partial charge in [-0.15, -0.1) is 11.3 Å². The van der Waals surface area contributed by atoms with Crippen LogP contribution in [-0.2, 0) is 25.0 Å². The van der Waals surface area contributed by atoms with Crippen molar-refractivity contribution in [3.05, 3.63) is 50.6 Å². The average Bonchev–Trinajstić information content (AvgIpc) is 3.37. The van der Waals surface area contributed by atoms with E-state index < -0.39 is 0 Å². The van der Waals surface area contributed by atoms with Crippen molar-refractivity contribution in [3.8, 4) is 0 Å². The molecule has 8 heteroatoms. The first-order valence-corrected chi connectivity index (χ1v) is 14.5. The van der Waals surface area contributed by atoms with Crippen molar-refractivity contribution in [3.63, 3.8) is 0 Å². The van der Waals surface area contributed by atoms with E-state index in [0.717, 1.165) is 50.1 Å². The minimum absolute atomic E-state index is 0.591. The summed E-state index contributed by atoms with van der Waals surface area (Å²) in [4.78, 5) is 16.1. The van der Waals surface area contributed by atoms with Crippen molar-refractivity contribution in [1.29, 1.82) is 0 Å². The predicted octanol–water partition coefficient (Wildman–Crippen LogP) is 8.25. The van der Waals surface area contributed by atoms with Crippen LogP contribution in [0, 0.1) is 5.92 Å². The number of hydrogen-bond donors (Lipinski definition) is 0. The van der Waals surface area contributed by atoms with Crippen LogP contribution in [0.4, 0.5) is 0 Å². The second-order valence-electron chi connectivity index (χ2n) is 8.43. The Bertz CT molecular complexity index is 1310. The zero-order valence-corrected chi connectivity index (χ0v) is 22.1. The van der Waals surface area contributed by atoms with Crippen LogP contribution < -0.4 is 0 Å². The first-order chi connectivity index (χ1) is 15.5. The zero-order chi connectivity index (χ0) is 22.4. The molecule has 3 heterocycles. The van der Waals surface area contributed by atoms with Gasteiger partial charge in [0.1, 0.15) is 9.86 Å². The summed E-state index contributed by atoms with van der Waals surface area (Å²) in [6, 6.07) is 5.64. The van der Waals surface area contributed by atoms with E-state index in [0.29, 0.717) is 21.7 Å². The van der Waals surface area contributed by atoms with E-state index >= 15 is 0 Å². The Labute approximate surface area is 210 Å². The number of halogens is 2. The molecule has 0 atom stereocenters. The molecule has 3 nitrogen and oxygen atoms in total. The Morgan fingerprint density at radius 3 is 2.53 bits per heavy atom. The number of thioether (sulfide) groups is 2. The standard InChI is InChI=1S/C24H23Cl2N3S3/c1-12(2)10-18-13-6-4-7-14(13)19-20-21(32-22(19)27-18)23(29-24(28-20)30-3)31-11-15-16(25)8-5-9-17(15)26/h5,8-9,12H,4,6-7,10-11H2,1-3H3. The van der Waals surface area contributed by atoms with E-state index in [-0.39, 0.29) is 0 Å². The number of nitrogens with zero attached hydrogens (tertiary/aromatic N) is 3.